The summed E-state index contributed by atoms with van der Waals surface area (Å²) in [5.74, 6) is 0.380. The molecular formula is C11H15N3. The second-order valence-electron chi connectivity index (χ2n) is 3.31. The molecule has 3 nitrogen and oxygen atoms in total. The van der Waals surface area contributed by atoms with Crippen molar-refractivity contribution in [1.82, 2.24) is 14.8 Å². The van der Waals surface area contributed by atoms with Gasteiger partial charge in [-0.25, -0.2) is 9.67 Å². The number of nitrogens with zero attached hydrogens (tertiary/aromatic N) is 3. The Labute approximate surface area is 84.5 Å². The zero-order valence-electron chi connectivity index (χ0n) is 8.64. The standard InChI is InChI=1S/C11H15N3/c1-5-6-11(10(4)9(2)3)14-8-12-7-13-14/h5-9H,1,4H2,2-3H3/b11-6+. The van der Waals surface area contributed by atoms with Crippen LogP contribution >= 0.6 is 0 Å². The first-order chi connectivity index (χ1) is 6.66. The molecule has 0 atom stereocenters. The fourth-order valence-corrected chi connectivity index (χ4v) is 1.07. The average molecular weight is 189 g/mol. The molecule has 0 radical (unpaired) electrons. The normalized spacial score (nSPS) is 11.8. The van der Waals surface area contributed by atoms with Crippen molar-refractivity contribution in [2.45, 2.75) is 13.8 Å². The quantitative estimate of drug-likeness (QED) is 0.681. The van der Waals surface area contributed by atoms with Gasteiger partial charge in [0.1, 0.15) is 12.7 Å². The van der Waals surface area contributed by atoms with Gasteiger partial charge in [0.05, 0.1) is 5.70 Å². The Hall–Kier alpha value is -1.64. The molecule has 0 aliphatic heterocycles. The molecule has 74 valence electrons. The van der Waals surface area contributed by atoms with E-state index in [2.05, 4.69) is 37.1 Å². The molecule has 0 bridgehead atoms. The zero-order chi connectivity index (χ0) is 10.6. The van der Waals surface area contributed by atoms with Crippen LogP contribution in [0.2, 0.25) is 0 Å². The van der Waals surface area contributed by atoms with Gasteiger partial charge in [-0.3, -0.25) is 0 Å². The van der Waals surface area contributed by atoms with Gasteiger partial charge in [-0.05, 0) is 17.6 Å². The van der Waals surface area contributed by atoms with Gasteiger partial charge in [0, 0.05) is 0 Å². The van der Waals surface area contributed by atoms with E-state index in [0.29, 0.717) is 5.92 Å². The van der Waals surface area contributed by atoms with E-state index in [-0.39, 0.29) is 0 Å². The van der Waals surface area contributed by atoms with Gasteiger partial charge >= 0.3 is 0 Å². The molecule has 0 saturated heterocycles. The van der Waals surface area contributed by atoms with E-state index in [9.17, 15) is 0 Å². The van der Waals surface area contributed by atoms with Crippen LogP contribution in [-0.4, -0.2) is 14.8 Å². The lowest BCUT2D eigenvalue weighted by Gasteiger charge is -2.12. The van der Waals surface area contributed by atoms with E-state index in [1.165, 1.54) is 6.33 Å². The van der Waals surface area contributed by atoms with Crippen LogP contribution in [-0.2, 0) is 0 Å². The topological polar surface area (TPSA) is 30.7 Å². The molecule has 1 aromatic rings. The van der Waals surface area contributed by atoms with E-state index in [1.54, 1.807) is 17.1 Å². The van der Waals surface area contributed by atoms with Gasteiger partial charge < -0.3 is 0 Å². The summed E-state index contributed by atoms with van der Waals surface area (Å²) >= 11 is 0. The molecule has 0 saturated carbocycles. The molecule has 3 heteroatoms. The van der Waals surface area contributed by atoms with Crippen LogP contribution in [0.3, 0.4) is 0 Å². The van der Waals surface area contributed by atoms with Crippen LogP contribution in [0.5, 0.6) is 0 Å². The SMILES string of the molecule is C=C/C=C(\C(=C)C(C)C)n1cncn1. The second-order valence-corrected chi connectivity index (χ2v) is 3.31. The predicted molar refractivity (Wildman–Crippen MR) is 58.5 cm³/mol. The van der Waals surface area contributed by atoms with E-state index >= 15 is 0 Å². The minimum Gasteiger partial charge on any atom is -0.223 e. The fourth-order valence-electron chi connectivity index (χ4n) is 1.07. The van der Waals surface area contributed by atoms with Crippen LogP contribution in [0.25, 0.3) is 5.70 Å². The molecule has 0 spiro atoms. The van der Waals surface area contributed by atoms with Crippen molar-refractivity contribution < 1.29 is 0 Å². The molecule has 0 N–H and O–H groups in total. The third-order valence-corrected chi connectivity index (χ3v) is 1.97. The van der Waals surface area contributed by atoms with Gasteiger partial charge in [0.15, 0.2) is 0 Å². The summed E-state index contributed by atoms with van der Waals surface area (Å²) in [7, 11) is 0. The van der Waals surface area contributed by atoms with E-state index in [0.717, 1.165) is 11.3 Å². The summed E-state index contributed by atoms with van der Waals surface area (Å²) in [6.45, 7) is 11.9. The predicted octanol–water partition coefficient (Wildman–Crippen LogP) is 2.52. The van der Waals surface area contributed by atoms with Crippen molar-refractivity contribution in [2.24, 2.45) is 5.92 Å². The molecule has 1 rings (SSSR count). The van der Waals surface area contributed by atoms with Crippen molar-refractivity contribution in [3.8, 4) is 0 Å². The molecule has 0 unspecified atom stereocenters. The summed E-state index contributed by atoms with van der Waals surface area (Å²) in [5.41, 5.74) is 1.96. The van der Waals surface area contributed by atoms with Crippen LogP contribution < -0.4 is 0 Å². The van der Waals surface area contributed by atoms with Crippen LogP contribution in [0.4, 0.5) is 0 Å². The molecule has 1 aromatic heterocycles. The number of allylic oxidation sites excluding steroid dienone is 4. The Morgan fingerprint density at radius 3 is 2.64 bits per heavy atom. The number of rotatable bonds is 4. The molecule has 0 aliphatic carbocycles. The first-order valence-corrected chi connectivity index (χ1v) is 4.53. The highest BCUT2D eigenvalue weighted by atomic mass is 15.3. The Bertz CT molecular complexity index is 345. The first kappa shape index (κ1) is 10.4. The highest BCUT2D eigenvalue weighted by Gasteiger charge is 2.08. The minimum absolute atomic E-state index is 0.380. The van der Waals surface area contributed by atoms with Gasteiger partial charge in [-0.1, -0.05) is 33.1 Å². The molecule has 0 aromatic carbocycles. The fraction of sp³-hybridized carbons (Fsp3) is 0.273. The molecular weight excluding hydrogens is 174 g/mol. The van der Waals surface area contributed by atoms with E-state index < -0.39 is 0 Å². The third-order valence-electron chi connectivity index (χ3n) is 1.97. The monoisotopic (exact) mass is 189 g/mol. The molecule has 0 amide bonds. The van der Waals surface area contributed by atoms with Gasteiger partial charge in [0.25, 0.3) is 0 Å². The van der Waals surface area contributed by atoms with Crippen molar-refractivity contribution in [2.75, 3.05) is 0 Å². The van der Waals surface area contributed by atoms with Crippen molar-refractivity contribution in [3.05, 3.63) is 43.5 Å². The summed E-state index contributed by atoms with van der Waals surface area (Å²) in [4.78, 5) is 3.90. The average Bonchev–Trinajstić information content (AvgIpc) is 2.65. The van der Waals surface area contributed by atoms with Crippen molar-refractivity contribution >= 4 is 5.70 Å². The Morgan fingerprint density at radius 1 is 1.50 bits per heavy atom. The van der Waals surface area contributed by atoms with Crippen molar-refractivity contribution in [1.29, 1.82) is 0 Å². The maximum Gasteiger partial charge on any atom is 0.138 e. The van der Waals surface area contributed by atoms with E-state index in [4.69, 9.17) is 0 Å². The number of hydrogen-bond acceptors (Lipinski definition) is 2. The summed E-state index contributed by atoms with van der Waals surface area (Å²) in [6, 6.07) is 0. The van der Waals surface area contributed by atoms with Gasteiger partial charge in [0.2, 0.25) is 0 Å². The largest absolute Gasteiger partial charge is 0.223 e. The summed E-state index contributed by atoms with van der Waals surface area (Å²) in [6.07, 6.45) is 6.77. The highest BCUT2D eigenvalue weighted by Crippen LogP contribution is 2.20. The van der Waals surface area contributed by atoms with Crippen LogP contribution in [0, 0.1) is 5.92 Å². The first-order valence-electron chi connectivity index (χ1n) is 4.53. The lowest BCUT2D eigenvalue weighted by molar-refractivity contribution is 0.770. The highest BCUT2D eigenvalue weighted by molar-refractivity contribution is 5.64. The molecule has 0 fully saturated rings. The number of hydrogen-bond donors (Lipinski definition) is 0. The lowest BCUT2D eigenvalue weighted by atomic mass is 10.0. The third kappa shape index (κ3) is 2.19. The summed E-state index contributed by atoms with van der Waals surface area (Å²) in [5, 5.41) is 4.07. The Kier molecular flexibility index (Phi) is 3.40. The molecule has 1 heterocycles. The van der Waals surface area contributed by atoms with Gasteiger partial charge in [-0.15, -0.1) is 0 Å². The van der Waals surface area contributed by atoms with Crippen LogP contribution in [0.15, 0.2) is 43.5 Å². The number of aromatic nitrogens is 3. The van der Waals surface area contributed by atoms with Crippen LogP contribution in [0.1, 0.15) is 13.8 Å². The van der Waals surface area contributed by atoms with Gasteiger partial charge in [-0.2, -0.15) is 5.10 Å². The maximum atomic E-state index is 4.07. The Morgan fingerprint density at radius 2 is 2.21 bits per heavy atom. The van der Waals surface area contributed by atoms with Crippen molar-refractivity contribution in [3.63, 3.8) is 0 Å². The maximum absolute atomic E-state index is 4.07. The minimum atomic E-state index is 0.380. The Balaban J connectivity index is 3.04. The molecule has 14 heavy (non-hydrogen) atoms. The smallest absolute Gasteiger partial charge is 0.138 e. The zero-order valence-corrected chi connectivity index (χ0v) is 8.64. The second kappa shape index (κ2) is 4.56. The molecule has 0 aliphatic rings. The lowest BCUT2D eigenvalue weighted by Crippen LogP contribution is -2.04. The van der Waals surface area contributed by atoms with E-state index in [1.807, 2.05) is 6.08 Å². The summed E-state index contributed by atoms with van der Waals surface area (Å²) < 4.78 is 1.70.